The van der Waals surface area contributed by atoms with Gasteiger partial charge in [-0.25, -0.2) is 9.78 Å². The van der Waals surface area contributed by atoms with Crippen LogP contribution < -0.4 is 16.2 Å². The van der Waals surface area contributed by atoms with Gasteiger partial charge in [0.05, 0.1) is 6.61 Å². The predicted molar refractivity (Wildman–Crippen MR) is 53.9 cm³/mol. The molecule has 0 aliphatic carbocycles. The number of hydrogen-bond acceptors (Lipinski definition) is 6. The second-order valence-corrected chi connectivity index (χ2v) is 2.68. The van der Waals surface area contributed by atoms with Crippen LogP contribution in [0.4, 0.5) is 5.82 Å². The zero-order chi connectivity index (χ0) is 11.3. The average Bonchev–Trinajstić information content (AvgIpc) is 2.21. The van der Waals surface area contributed by atoms with Crippen molar-refractivity contribution in [3.63, 3.8) is 0 Å². The van der Waals surface area contributed by atoms with Crippen molar-refractivity contribution in [1.82, 2.24) is 4.98 Å². The van der Waals surface area contributed by atoms with Gasteiger partial charge in [0.1, 0.15) is 0 Å². The first kappa shape index (κ1) is 11.3. The third-order valence-corrected chi connectivity index (χ3v) is 1.57. The minimum absolute atomic E-state index is 0.178. The number of carbonyl (C=O) groups excluding carboxylic acids is 1. The Balaban J connectivity index is 2.62. The summed E-state index contributed by atoms with van der Waals surface area (Å²) < 4.78 is 9.74. The van der Waals surface area contributed by atoms with Crippen LogP contribution in [0.1, 0.15) is 6.92 Å². The Morgan fingerprint density at radius 2 is 2.40 bits per heavy atom. The molecular formula is C9H13N3O3. The Hall–Kier alpha value is -1.82. The highest BCUT2D eigenvalue weighted by Crippen LogP contribution is 2.17. The average molecular weight is 211 g/mol. The molecule has 15 heavy (non-hydrogen) atoms. The maximum absolute atomic E-state index is 11.1. The molecule has 0 amide bonds. The third kappa shape index (κ3) is 3.10. The van der Waals surface area contributed by atoms with Crippen LogP contribution in [-0.4, -0.2) is 23.8 Å². The number of carbonyl (C=O) groups is 1. The predicted octanol–water partition coefficient (Wildman–Crippen LogP) is -0.110. The van der Waals surface area contributed by atoms with E-state index in [2.05, 4.69) is 9.72 Å². The quantitative estimate of drug-likeness (QED) is 0.532. The van der Waals surface area contributed by atoms with Gasteiger partial charge in [0.25, 0.3) is 0 Å². The summed E-state index contributed by atoms with van der Waals surface area (Å²) in [5, 5.41) is 0. The molecule has 1 aromatic heterocycles. The minimum atomic E-state index is -1.18. The Morgan fingerprint density at radius 3 is 3.00 bits per heavy atom. The van der Waals surface area contributed by atoms with E-state index in [1.807, 2.05) is 0 Å². The van der Waals surface area contributed by atoms with Crippen LogP contribution in [-0.2, 0) is 9.53 Å². The van der Waals surface area contributed by atoms with Crippen LogP contribution in [0.25, 0.3) is 0 Å². The zero-order valence-electron chi connectivity index (χ0n) is 8.34. The number of aromatic nitrogens is 1. The molecule has 0 aromatic carbocycles. The van der Waals surface area contributed by atoms with Gasteiger partial charge < -0.3 is 15.2 Å². The number of ether oxygens (including phenoxy) is 2. The van der Waals surface area contributed by atoms with Gasteiger partial charge in [-0.3, -0.25) is 5.73 Å². The molecule has 1 heterocycles. The lowest BCUT2D eigenvalue weighted by Gasteiger charge is -2.13. The monoisotopic (exact) mass is 211 g/mol. The fourth-order valence-electron chi connectivity index (χ4n) is 0.912. The van der Waals surface area contributed by atoms with Gasteiger partial charge in [0, 0.05) is 6.20 Å². The smallest absolute Gasteiger partial charge is 0.362 e. The summed E-state index contributed by atoms with van der Waals surface area (Å²) in [5.74, 6) is -0.198. The fraction of sp³-hybridized carbons (Fsp3) is 0.333. The van der Waals surface area contributed by atoms with E-state index < -0.39 is 12.2 Å². The molecule has 0 spiro atoms. The summed E-state index contributed by atoms with van der Waals surface area (Å²) in [4.78, 5) is 14.9. The molecule has 1 atom stereocenters. The Kier molecular flexibility index (Phi) is 3.87. The second-order valence-electron chi connectivity index (χ2n) is 2.68. The SMILES string of the molecule is CCOC(=O)C(N)Oc1cccnc1N. The van der Waals surface area contributed by atoms with Gasteiger partial charge >= 0.3 is 5.97 Å². The van der Waals surface area contributed by atoms with Gasteiger partial charge in [-0.1, -0.05) is 0 Å². The standard InChI is InChI=1S/C9H13N3O3/c1-2-14-9(13)8(11)15-6-4-3-5-12-7(6)10/h3-5,8H,2,11H2,1H3,(H2,10,12). The molecule has 4 N–H and O–H groups in total. The summed E-state index contributed by atoms with van der Waals surface area (Å²) in [5.41, 5.74) is 10.9. The number of pyridine rings is 1. The largest absolute Gasteiger partial charge is 0.462 e. The molecule has 0 saturated heterocycles. The molecule has 0 saturated carbocycles. The van der Waals surface area contributed by atoms with Gasteiger partial charge in [0.2, 0.25) is 6.23 Å². The fourth-order valence-corrected chi connectivity index (χ4v) is 0.912. The van der Waals surface area contributed by atoms with Crippen LogP contribution in [0.2, 0.25) is 0 Å². The van der Waals surface area contributed by atoms with Crippen molar-refractivity contribution in [2.45, 2.75) is 13.2 Å². The van der Waals surface area contributed by atoms with E-state index in [4.69, 9.17) is 16.2 Å². The molecule has 0 radical (unpaired) electrons. The van der Waals surface area contributed by atoms with E-state index in [9.17, 15) is 4.79 Å². The van der Waals surface area contributed by atoms with Crippen molar-refractivity contribution in [2.24, 2.45) is 5.73 Å². The van der Waals surface area contributed by atoms with Crippen molar-refractivity contribution in [3.05, 3.63) is 18.3 Å². The van der Waals surface area contributed by atoms with E-state index in [-0.39, 0.29) is 18.2 Å². The van der Waals surface area contributed by atoms with Crippen molar-refractivity contribution in [2.75, 3.05) is 12.3 Å². The van der Waals surface area contributed by atoms with Crippen molar-refractivity contribution >= 4 is 11.8 Å². The Morgan fingerprint density at radius 1 is 1.67 bits per heavy atom. The first-order valence-electron chi connectivity index (χ1n) is 4.44. The van der Waals surface area contributed by atoms with Crippen molar-refractivity contribution in [3.8, 4) is 5.75 Å². The van der Waals surface area contributed by atoms with E-state index in [0.717, 1.165) is 0 Å². The van der Waals surface area contributed by atoms with E-state index in [1.54, 1.807) is 19.1 Å². The van der Waals surface area contributed by atoms with Gasteiger partial charge in [-0.15, -0.1) is 0 Å². The lowest BCUT2D eigenvalue weighted by molar-refractivity contribution is -0.151. The molecule has 0 fully saturated rings. The third-order valence-electron chi connectivity index (χ3n) is 1.57. The topological polar surface area (TPSA) is 100 Å². The second kappa shape index (κ2) is 5.16. The summed E-state index contributed by atoms with van der Waals surface area (Å²) in [6.45, 7) is 1.93. The molecule has 1 rings (SSSR count). The Labute approximate surface area is 87.2 Å². The van der Waals surface area contributed by atoms with Crippen molar-refractivity contribution in [1.29, 1.82) is 0 Å². The molecule has 6 nitrogen and oxygen atoms in total. The van der Waals surface area contributed by atoms with Gasteiger partial charge in [-0.05, 0) is 19.1 Å². The summed E-state index contributed by atoms with van der Waals surface area (Å²) in [7, 11) is 0. The van der Waals surface area contributed by atoms with Gasteiger partial charge in [-0.2, -0.15) is 0 Å². The van der Waals surface area contributed by atoms with E-state index >= 15 is 0 Å². The first-order valence-corrected chi connectivity index (χ1v) is 4.44. The summed E-state index contributed by atoms with van der Waals surface area (Å²) >= 11 is 0. The molecule has 1 unspecified atom stereocenters. The summed E-state index contributed by atoms with van der Waals surface area (Å²) in [6, 6.07) is 3.20. The number of anilines is 1. The van der Waals surface area contributed by atoms with Crippen LogP contribution in [0, 0.1) is 0 Å². The number of esters is 1. The molecule has 0 aliphatic rings. The molecular weight excluding hydrogens is 198 g/mol. The highest BCUT2D eigenvalue weighted by atomic mass is 16.6. The minimum Gasteiger partial charge on any atom is -0.462 e. The van der Waals surface area contributed by atoms with Crippen LogP contribution in [0.15, 0.2) is 18.3 Å². The van der Waals surface area contributed by atoms with Gasteiger partial charge in [0.15, 0.2) is 11.6 Å². The number of hydrogen-bond donors (Lipinski definition) is 2. The zero-order valence-corrected chi connectivity index (χ0v) is 8.34. The first-order chi connectivity index (χ1) is 7.15. The lowest BCUT2D eigenvalue weighted by atomic mass is 10.4. The Bertz CT molecular complexity index is 343. The van der Waals surface area contributed by atoms with Crippen LogP contribution >= 0.6 is 0 Å². The molecule has 0 bridgehead atoms. The number of nitrogen functional groups attached to an aromatic ring is 1. The lowest BCUT2D eigenvalue weighted by Crippen LogP contribution is -2.37. The van der Waals surface area contributed by atoms with Crippen LogP contribution in [0.5, 0.6) is 5.75 Å². The van der Waals surface area contributed by atoms with E-state index in [1.165, 1.54) is 6.20 Å². The van der Waals surface area contributed by atoms with E-state index in [0.29, 0.717) is 0 Å². The maximum Gasteiger partial charge on any atom is 0.362 e. The van der Waals surface area contributed by atoms with Crippen molar-refractivity contribution < 1.29 is 14.3 Å². The molecule has 6 heteroatoms. The normalized spacial score (nSPS) is 11.9. The summed E-state index contributed by atoms with van der Waals surface area (Å²) in [6.07, 6.45) is 0.328. The molecule has 0 aliphatic heterocycles. The number of rotatable bonds is 4. The van der Waals surface area contributed by atoms with Crippen LogP contribution in [0.3, 0.4) is 0 Å². The molecule has 1 aromatic rings. The molecule has 82 valence electrons. The maximum atomic E-state index is 11.1. The highest BCUT2D eigenvalue weighted by molar-refractivity contribution is 5.74. The number of nitrogens with zero attached hydrogens (tertiary/aromatic N) is 1. The highest BCUT2D eigenvalue weighted by Gasteiger charge is 2.17. The number of nitrogens with two attached hydrogens (primary N) is 2.